The summed E-state index contributed by atoms with van der Waals surface area (Å²) >= 11 is 0. The number of rotatable bonds is 3. The molecule has 0 fully saturated rings. The SMILES string of the molecule is C=C/C(=C\c1nc(N)ccc1C)CN.CO. The Balaban J connectivity index is 0.00000106. The summed E-state index contributed by atoms with van der Waals surface area (Å²) in [6, 6.07) is 3.72. The van der Waals surface area contributed by atoms with Crippen LogP contribution in [0.2, 0.25) is 0 Å². The van der Waals surface area contributed by atoms with E-state index in [1.165, 1.54) is 0 Å². The Bertz CT molecular complexity index is 373. The van der Waals surface area contributed by atoms with Crippen LogP contribution in [-0.4, -0.2) is 23.7 Å². The maximum absolute atomic E-state index is 7.00. The summed E-state index contributed by atoms with van der Waals surface area (Å²) in [5, 5.41) is 7.00. The third-order valence-electron chi connectivity index (χ3n) is 1.98. The minimum Gasteiger partial charge on any atom is -0.400 e. The summed E-state index contributed by atoms with van der Waals surface area (Å²) in [6.07, 6.45) is 3.63. The average Bonchev–Trinajstić information content (AvgIpc) is 2.33. The van der Waals surface area contributed by atoms with E-state index >= 15 is 0 Å². The third kappa shape index (κ3) is 4.25. The molecule has 1 heterocycles. The fourth-order valence-corrected chi connectivity index (χ4v) is 1.08. The predicted octanol–water partition coefficient (Wildman–Crippen LogP) is 1.11. The lowest BCUT2D eigenvalue weighted by molar-refractivity contribution is 0.399. The highest BCUT2D eigenvalue weighted by Gasteiger charge is 1.98. The summed E-state index contributed by atoms with van der Waals surface area (Å²) in [7, 11) is 1.00. The first-order valence-corrected chi connectivity index (χ1v) is 4.88. The van der Waals surface area contributed by atoms with Crippen molar-refractivity contribution in [1.29, 1.82) is 0 Å². The number of aliphatic hydroxyl groups is 1. The number of nitrogen functional groups attached to an aromatic ring is 1. The topological polar surface area (TPSA) is 85.2 Å². The molecule has 1 rings (SSSR count). The van der Waals surface area contributed by atoms with E-state index < -0.39 is 0 Å². The third-order valence-corrected chi connectivity index (χ3v) is 1.98. The second kappa shape index (κ2) is 7.62. The van der Waals surface area contributed by atoms with Crippen LogP contribution in [0.25, 0.3) is 6.08 Å². The Labute approximate surface area is 96.3 Å². The van der Waals surface area contributed by atoms with E-state index in [0.29, 0.717) is 12.4 Å². The zero-order valence-corrected chi connectivity index (χ0v) is 9.77. The molecule has 0 saturated heterocycles. The van der Waals surface area contributed by atoms with E-state index in [1.54, 1.807) is 12.1 Å². The van der Waals surface area contributed by atoms with Gasteiger partial charge in [-0.05, 0) is 30.2 Å². The largest absolute Gasteiger partial charge is 0.400 e. The van der Waals surface area contributed by atoms with E-state index in [9.17, 15) is 0 Å². The Morgan fingerprint density at radius 1 is 1.50 bits per heavy atom. The minimum absolute atomic E-state index is 0.458. The highest BCUT2D eigenvalue weighted by molar-refractivity contribution is 5.57. The second-order valence-corrected chi connectivity index (χ2v) is 3.07. The summed E-state index contributed by atoms with van der Waals surface area (Å²) in [4.78, 5) is 4.21. The molecule has 0 atom stereocenters. The van der Waals surface area contributed by atoms with E-state index in [4.69, 9.17) is 16.6 Å². The van der Waals surface area contributed by atoms with Crippen molar-refractivity contribution in [2.45, 2.75) is 6.92 Å². The minimum atomic E-state index is 0.458. The number of aryl methyl sites for hydroxylation is 1. The first-order valence-electron chi connectivity index (χ1n) is 4.88. The van der Waals surface area contributed by atoms with Gasteiger partial charge in [0.15, 0.2) is 0 Å². The van der Waals surface area contributed by atoms with Gasteiger partial charge in [-0.25, -0.2) is 4.98 Å². The molecule has 0 aliphatic heterocycles. The number of aromatic nitrogens is 1. The van der Waals surface area contributed by atoms with Crippen LogP contribution < -0.4 is 11.5 Å². The van der Waals surface area contributed by atoms with Gasteiger partial charge in [0.25, 0.3) is 0 Å². The van der Waals surface area contributed by atoms with Gasteiger partial charge in [-0.1, -0.05) is 18.7 Å². The zero-order valence-electron chi connectivity index (χ0n) is 9.77. The molecule has 0 bridgehead atoms. The molecule has 0 aliphatic carbocycles. The Kier molecular flexibility index (Phi) is 6.83. The highest BCUT2D eigenvalue weighted by Crippen LogP contribution is 2.11. The van der Waals surface area contributed by atoms with Crippen LogP contribution in [0.4, 0.5) is 5.82 Å². The lowest BCUT2D eigenvalue weighted by Crippen LogP contribution is -2.01. The molecule has 1 aromatic heterocycles. The summed E-state index contributed by atoms with van der Waals surface area (Å²) < 4.78 is 0. The van der Waals surface area contributed by atoms with Gasteiger partial charge < -0.3 is 16.6 Å². The molecule has 1 aromatic rings. The number of pyridine rings is 1. The molecular formula is C12H19N3O. The van der Waals surface area contributed by atoms with Crippen molar-refractivity contribution in [3.05, 3.63) is 41.6 Å². The number of nitrogens with two attached hydrogens (primary N) is 2. The van der Waals surface area contributed by atoms with Crippen LogP contribution in [0.5, 0.6) is 0 Å². The Morgan fingerprint density at radius 3 is 2.62 bits per heavy atom. The van der Waals surface area contributed by atoms with Gasteiger partial charge in [0.2, 0.25) is 0 Å². The summed E-state index contributed by atoms with van der Waals surface area (Å²) in [5.41, 5.74) is 14.0. The molecule has 0 spiro atoms. The lowest BCUT2D eigenvalue weighted by atomic mass is 10.1. The van der Waals surface area contributed by atoms with Gasteiger partial charge in [-0.3, -0.25) is 0 Å². The van der Waals surface area contributed by atoms with Crippen molar-refractivity contribution in [3.63, 3.8) is 0 Å². The Morgan fingerprint density at radius 2 is 2.12 bits per heavy atom. The van der Waals surface area contributed by atoms with Crippen molar-refractivity contribution < 1.29 is 5.11 Å². The van der Waals surface area contributed by atoms with E-state index in [-0.39, 0.29) is 0 Å². The van der Waals surface area contributed by atoms with Crippen LogP contribution in [0.15, 0.2) is 30.4 Å². The fourth-order valence-electron chi connectivity index (χ4n) is 1.08. The van der Waals surface area contributed by atoms with Crippen molar-refractivity contribution in [2.24, 2.45) is 5.73 Å². The highest BCUT2D eigenvalue weighted by atomic mass is 16.2. The van der Waals surface area contributed by atoms with Crippen molar-refractivity contribution in [3.8, 4) is 0 Å². The second-order valence-electron chi connectivity index (χ2n) is 3.07. The normalized spacial score (nSPS) is 10.4. The molecule has 0 radical (unpaired) electrons. The van der Waals surface area contributed by atoms with Crippen LogP contribution in [0.3, 0.4) is 0 Å². The van der Waals surface area contributed by atoms with Crippen LogP contribution in [0.1, 0.15) is 11.3 Å². The van der Waals surface area contributed by atoms with Gasteiger partial charge >= 0.3 is 0 Å². The quantitative estimate of drug-likeness (QED) is 0.667. The van der Waals surface area contributed by atoms with Gasteiger partial charge in [0.1, 0.15) is 5.82 Å². The van der Waals surface area contributed by atoms with Gasteiger partial charge in [-0.15, -0.1) is 0 Å². The van der Waals surface area contributed by atoms with E-state index in [2.05, 4.69) is 11.6 Å². The number of hydrogen-bond acceptors (Lipinski definition) is 4. The molecule has 16 heavy (non-hydrogen) atoms. The molecule has 4 nitrogen and oxygen atoms in total. The molecule has 88 valence electrons. The van der Waals surface area contributed by atoms with E-state index in [1.807, 2.05) is 19.1 Å². The van der Waals surface area contributed by atoms with Crippen LogP contribution >= 0.6 is 0 Å². The number of nitrogens with zero attached hydrogens (tertiary/aromatic N) is 1. The average molecular weight is 221 g/mol. The molecule has 0 saturated carbocycles. The maximum atomic E-state index is 7.00. The van der Waals surface area contributed by atoms with Crippen molar-refractivity contribution in [2.75, 3.05) is 19.4 Å². The van der Waals surface area contributed by atoms with Gasteiger partial charge in [0, 0.05) is 13.7 Å². The fraction of sp³-hybridized carbons (Fsp3) is 0.250. The standard InChI is InChI=1S/C11H15N3.CH4O/c1-3-9(7-12)6-10-8(2)4-5-11(13)14-10;1-2/h3-6H,1,7,12H2,2H3,(H2,13,14);2H,1H3/b9-6+;. The summed E-state index contributed by atoms with van der Waals surface area (Å²) in [6.45, 7) is 6.11. The summed E-state index contributed by atoms with van der Waals surface area (Å²) in [5.74, 6) is 0.516. The molecular weight excluding hydrogens is 202 g/mol. The first kappa shape index (κ1) is 14.3. The van der Waals surface area contributed by atoms with Crippen LogP contribution in [0, 0.1) is 6.92 Å². The monoisotopic (exact) mass is 221 g/mol. The van der Waals surface area contributed by atoms with Crippen LogP contribution in [-0.2, 0) is 0 Å². The maximum Gasteiger partial charge on any atom is 0.124 e. The first-order chi connectivity index (χ1) is 7.67. The Hall–Kier alpha value is -1.65. The lowest BCUT2D eigenvalue weighted by Gasteiger charge is -2.02. The molecule has 5 N–H and O–H groups in total. The smallest absolute Gasteiger partial charge is 0.124 e. The number of anilines is 1. The van der Waals surface area contributed by atoms with Crippen molar-refractivity contribution >= 4 is 11.9 Å². The van der Waals surface area contributed by atoms with Gasteiger partial charge in [0.05, 0.1) is 5.69 Å². The zero-order chi connectivity index (χ0) is 12.6. The van der Waals surface area contributed by atoms with E-state index in [0.717, 1.165) is 23.9 Å². The predicted molar refractivity (Wildman–Crippen MR) is 68.8 cm³/mol. The molecule has 0 amide bonds. The molecule has 0 aliphatic rings. The van der Waals surface area contributed by atoms with Gasteiger partial charge in [-0.2, -0.15) is 0 Å². The number of hydrogen-bond donors (Lipinski definition) is 3. The molecule has 4 heteroatoms. The number of aliphatic hydroxyl groups excluding tert-OH is 1. The molecule has 0 unspecified atom stereocenters. The molecule has 0 aromatic carbocycles. The van der Waals surface area contributed by atoms with Crippen molar-refractivity contribution in [1.82, 2.24) is 4.98 Å².